The summed E-state index contributed by atoms with van der Waals surface area (Å²) in [5.74, 6) is -1.46. The third kappa shape index (κ3) is 9.30. The highest BCUT2D eigenvalue weighted by Crippen LogP contribution is 2.13. The summed E-state index contributed by atoms with van der Waals surface area (Å²) in [5.41, 5.74) is -0.591. The summed E-state index contributed by atoms with van der Waals surface area (Å²) in [7, 11) is 1.57. The molecule has 0 aromatic carbocycles. The van der Waals surface area contributed by atoms with Crippen LogP contribution in [0.3, 0.4) is 0 Å². The van der Waals surface area contributed by atoms with Gasteiger partial charge in [-0.2, -0.15) is 0 Å². The second-order valence-corrected chi connectivity index (χ2v) is 5.71. The molecule has 0 aliphatic rings. The Balaban J connectivity index is 4.22. The second-order valence-electron chi connectivity index (χ2n) is 5.71. The fraction of sp³-hybridized carbons (Fsp3) is 0.846. The Morgan fingerprint density at radius 3 is 2.32 bits per heavy atom. The van der Waals surface area contributed by atoms with Gasteiger partial charge in [0.25, 0.3) is 0 Å². The van der Waals surface area contributed by atoms with Crippen LogP contribution in [-0.4, -0.2) is 43.0 Å². The Hall–Kier alpha value is -1.30. The van der Waals surface area contributed by atoms with Crippen LogP contribution in [0.5, 0.6) is 0 Å². The molecule has 0 heterocycles. The van der Waals surface area contributed by atoms with Crippen molar-refractivity contribution in [2.24, 2.45) is 11.8 Å². The van der Waals surface area contributed by atoms with Crippen molar-refractivity contribution in [3.05, 3.63) is 0 Å². The van der Waals surface area contributed by atoms with Crippen LogP contribution in [0.1, 0.15) is 34.1 Å². The molecule has 6 nitrogen and oxygen atoms in total. The minimum Gasteiger partial charge on any atom is -0.481 e. The van der Waals surface area contributed by atoms with E-state index in [1.54, 1.807) is 27.9 Å². The number of carbonyl (C=O) groups is 2. The summed E-state index contributed by atoms with van der Waals surface area (Å²) in [6.07, 6.45) is -0.156. The highest BCUT2D eigenvalue weighted by atomic mass is 16.6. The summed E-state index contributed by atoms with van der Waals surface area (Å²) < 4.78 is 10.0. The lowest BCUT2D eigenvalue weighted by Gasteiger charge is -2.21. The summed E-state index contributed by atoms with van der Waals surface area (Å²) in [4.78, 5) is 22.6. The average molecular weight is 275 g/mol. The molecule has 6 heteroatoms. The largest absolute Gasteiger partial charge is 0.481 e. The van der Waals surface area contributed by atoms with E-state index in [9.17, 15) is 9.59 Å². The molecule has 0 spiro atoms. The Labute approximate surface area is 114 Å². The van der Waals surface area contributed by atoms with Gasteiger partial charge in [-0.05, 0) is 33.1 Å². The molecule has 0 rings (SSSR count). The van der Waals surface area contributed by atoms with Gasteiger partial charge in [0.05, 0.1) is 5.92 Å². The van der Waals surface area contributed by atoms with Crippen LogP contribution in [0.4, 0.5) is 4.79 Å². The number of nitrogens with one attached hydrogen (secondary N) is 1. The fourth-order valence-electron chi connectivity index (χ4n) is 1.63. The number of carboxylic acids is 1. The Bertz CT molecular complexity index is 298. The first-order chi connectivity index (χ1) is 8.65. The number of rotatable bonds is 7. The van der Waals surface area contributed by atoms with Crippen LogP contribution in [0, 0.1) is 11.8 Å². The first-order valence-corrected chi connectivity index (χ1v) is 6.34. The lowest BCUT2D eigenvalue weighted by atomic mass is 9.96. The molecule has 2 unspecified atom stereocenters. The minimum absolute atomic E-state index is 0.0539. The van der Waals surface area contributed by atoms with E-state index in [2.05, 4.69) is 5.32 Å². The molecule has 0 bridgehead atoms. The van der Waals surface area contributed by atoms with E-state index in [4.69, 9.17) is 14.6 Å². The molecule has 0 aliphatic heterocycles. The molecular weight excluding hydrogens is 250 g/mol. The van der Waals surface area contributed by atoms with Gasteiger partial charge in [-0.15, -0.1) is 0 Å². The van der Waals surface area contributed by atoms with E-state index in [1.807, 2.05) is 6.92 Å². The van der Waals surface area contributed by atoms with Gasteiger partial charge in [-0.25, -0.2) is 4.79 Å². The maximum atomic E-state index is 11.4. The van der Waals surface area contributed by atoms with Crippen molar-refractivity contribution in [3.8, 4) is 0 Å². The molecule has 0 aromatic rings. The van der Waals surface area contributed by atoms with Crippen molar-refractivity contribution < 1.29 is 24.2 Å². The normalized spacial score (nSPS) is 14.6. The van der Waals surface area contributed by atoms with Gasteiger partial charge in [0, 0.05) is 20.3 Å². The number of methoxy groups -OCH3 is 1. The topological polar surface area (TPSA) is 84.9 Å². The molecule has 0 saturated carbocycles. The summed E-state index contributed by atoms with van der Waals surface area (Å²) in [5, 5.41) is 11.6. The molecular formula is C13H25NO5. The van der Waals surface area contributed by atoms with Gasteiger partial charge in [0.15, 0.2) is 0 Å². The van der Waals surface area contributed by atoms with Crippen LogP contribution < -0.4 is 5.32 Å². The third-order valence-electron chi connectivity index (χ3n) is 2.38. The van der Waals surface area contributed by atoms with Crippen molar-refractivity contribution >= 4 is 12.1 Å². The van der Waals surface area contributed by atoms with Crippen LogP contribution in [0.2, 0.25) is 0 Å². The van der Waals surface area contributed by atoms with Crippen molar-refractivity contribution in [2.45, 2.75) is 39.7 Å². The predicted octanol–water partition coefficient (Wildman–Crippen LogP) is 1.88. The predicted molar refractivity (Wildman–Crippen MR) is 71.0 cm³/mol. The highest BCUT2D eigenvalue weighted by Gasteiger charge is 2.23. The monoisotopic (exact) mass is 275 g/mol. The first kappa shape index (κ1) is 17.7. The fourth-order valence-corrected chi connectivity index (χ4v) is 1.63. The van der Waals surface area contributed by atoms with Crippen LogP contribution in [0.25, 0.3) is 0 Å². The minimum atomic E-state index is -0.931. The van der Waals surface area contributed by atoms with E-state index in [0.29, 0.717) is 13.0 Å². The Morgan fingerprint density at radius 2 is 1.89 bits per heavy atom. The molecule has 0 saturated heterocycles. The maximum absolute atomic E-state index is 11.4. The van der Waals surface area contributed by atoms with Crippen LogP contribution in [-0.2, 0) is 14.3 Å². The first-order valence-electron chi connectivity index (χ1n) is 6.34. The van der Waals surface area contributed by atoms with Gasteiger partial charge in [-0.1, -0.05) is 6.92 Å². The molecule has 0 fully saturated rings. The highest BCUT2D eigenvalue weighted by molar-refractivity contribution is 5.72. The van der Waals surface area contributed by atoms with E-state index in [-0.39, 0.29) is 12.5 Å². The van der Waals surface area contributed by atoms with E-state index >= 15 is 0 Å². The van der Waals surface area contributed by atoms with Crippen molar-refractivity contribution in [1.82, 2.24) is 5.32 Å². The zero-order valence-electron chi connectivity index (χ0n) is 12.4. The van der Waals surface area contributed by atoms with Gasteiger partial charge < -0.3 is 19.9 Å². The van der Waals surface area contributed by atoms with Crippen molar-refractivity contribution in [3.63, 3.8) is 0 Å². The molecule has 0 aromatic heterocycles. The number of ether oxygens (including phenoxy) is 2. The van der Waals surface area contributed by atoms with Gasteiger partial charge in [0.1, 0.15) is 5.60 Å². The van der Waals surface area contributed by atoms with Crippen LogP contribution >= 0.6 is 0 Å². The lowest BCUT2D eigenvalue weighted by Crippen LogP contribution is -2.37. The molecule has 2 N–H and O–H groups in total. The number of aliphatic carboxylic acids is 1. The zero-order valence-corrected chi connectivity index (χ0v) is 12.4. The number of carbonyl (C=O) groups excluding carboxylic acids is 1. The Kier molecular flexibility index (Phi) is 7.44. The van der Waals surface area contributed by atoms with E-state index in [1.165, 1.54) is 0 Å². The molecule has 112 valence electrons. The summed E-state index contributed by atoms with van der Waals surface area (Å²) in [6, 6.07) is 0. The number of hydrogen-bond donors (Lipinski definition) is 2. The number of alkyl carbamates (subject to hydrolysis) is 1. The van der Waals surface area contributed by atoms with Crippen LogP contribution in [0.15, 0.2) is 0 Å². The lowest BCUT2D eigenvalue weighted by molar-refractivity contribution is -0.142. The third-order valence-corrected chi connectivity index (χ3v) is 2.38. The smallest absolute Gasteiger partial charge is 0.407 e. The maximum Gasteiger partial charge on any atom is 0.407 e. The van der Waals surface area contributed by atoms with E-state index in [0.717, 1.165) is 0 Å². The SMILES string of the molecule is COCC(C)CC(CNC(=O)OC(C)(C)C)C(=O)O. The summed E-state index contributed by atoms with van der Waals surface area (Å²) >= 11 is 0. The molecule has 0 radical (unpaired) electrons. The Morgan fingerprint density at radius 1 is 1.32 bits per heavy atom. The molecule has 0 aliphatic carbocycles. The number of amides is 1. The van der Waals surface area contributed by atoms with E-state index < -0.39 is 23.6 Å². The molecule has 1 amide bonds. The molecule has 19 heavy (non-hydrogen) atoms. The van der Waals surface area contributed by atoms with Crippen molar-refractivity contribution in [2.75, 3.05) is 20.3 Å². The average Bonchev–Trinajstić information content (AvgIpc) is 2.21. The zero-order chi connectivity index (χ0) is 15.1. The summed E-state index contributed by atoms with van der Waals surface area (Å²) in [6.45, 7) is 7.72. The van der Waals surface area contributed by atoms with Crippen molar-refractivity contribution in [1.29, 1.82) is 0 Å². The van der Waals surface area contributed by atoms with Gasteiger partial charge in [-0.3, -0.25) is 4.79 Å². The number of carboxylic acid groups (broad SMARTS) is 1. The quantitative estimate of drug-likeness (QED) is 0.741. The second kappa shape index (κ2) is 7.99. The standard InChI is InChI=1S/C13H25NO5/c1-9(8-18-5)6-10(11(15)16)7-14-12(17)19-13(2,3)4/h9-10H,6-8H2,1-5H3,(H,14,17)(H,15,16). The van der Waals surface area contributed by atoms with Gasteiger partial charge in [0.2, 0.25) is 0 Å². The number of hydrogen-bond acceptors (Lipinski definition) is 4. The molecule has 2 atom stereocenters. The van der Waals surface area contributed by atoms with Gasteiger partial charge >= 0.3 is 12.1 Å².